The second-order valence-electron chi connectivity index (χ2n) is 16.8. The van der Waals surface area contributed by atoms with Crippen molar-refractivity contribution < 1.29 is 4.42 Å². The lowest BCUT2D eigenvalue weighted by Crippen LogP contribution is -2.17. The molecule has 0 saturated heterocycles. The maximum Gasteiger partial charge on any atom is 0.135 e. The van der Waals surface area contributed by atoms with Gasteiger partial charge in [-0.15, -0.1) is 0 Å². The predicted octanol–water partition coefficient (Wildman–Crippen LogP) is 14.5. The van der Waals surface area contributed by atoms with Crippen LogP contribution in [-0.2, 0) is 5.41 Å². The molecule has 0 fully saturated rings. The number of benzene rings is 8. The van der Waals surface area contributed by atoms with Gasteiger partial charge in [0, 0.05) is 61.4 Å². The fourth-order valence-corrected chi connectivity index (χ4v) is 10.1. The molecule has 0 spiro atoms. The Morgan fingerprint density at radius 1 is 0.443 bits per heavy atom. The lowest BCUT2D eigenvalue weighted by molar-refractivity contribution is 0.636. The third-order valence-electron chi connectivity index (χ3n) is 13.0. The van der Waals surface area contributed by atoms with Crippen molar-refractivity contribution in [2.75, 3.05) is 0 Å². The van der Waals surface area contributed by atoms with E-state index in [0.29, 0.717) is 0 Å². The molecule has 0 radical (unpaired) electrons. The van der Waals surface area contributed by atoms with E-state index >= 15 is 0 Å². The Morgan fingerprint density at radius 2 is 1.13 bits per heavy atom. The Balaban J connectivity index is 1.04. The standard InChI is InChI=1S/C56H36N4O/c1-56(2)46-22-19-36(37-20-24-51-44(30-37)41-16-8-10-18-50(41)61-51)31-45(46)54-55(56)59-52(33-25-27-57-28-26-33)53(58-54)42-21-23-48(39-14-6-5-13-38(39)42)60-47-17-9-7-15-40(47)43-29-34-11-3-4-12-35(34)32-49(43)60/h3-32H,1-2H3. The monoisotopic (exact) mass is 780 g/mol. The third-order valence-corrected chi connectivity index (χ3v) is 13.0. The van der Waals surface area contributed by atoms with Gasteiger partial charge in [-0.25, -0.2) is 9.97 Å². The first kappa shape index (κ1) is 34.0. The summed E-state index contributed by atoms with van der Waals surface area (Å²) >= 11 is 0. The lowest BCUT2D eigenvalue weighted by Gasteiger charge is -2.22. The van der Waals surface area contributed by atoms with E-state index in [0.717, 1.165) is 89.0 Å². The van der Waals surface area contributed by atoms with Gasteiger partial charge in [-0.3, -0.25) is 4.98 Å². The van der Waals surface area contributed by atoms with Gasteiger partial charge in [-0.1, -0.05) is 117 Å². The largest absolute Gasteiger partial charge is 0.456 e. The van der Waals surface area contributed by atoms with Crippen LogP contribution >= 0.6 is 0 Å². The van der Waals surface area contributed by atoms with Crippen molar-refractivity contribution in [2.45, 2.75) is 19.3 Å². The molecule has 5 nitrogen and oxygen atoms in total. The average molecular weight is 781 g/mol. The summed E-state index contributed by atoms with van der Waals surface area (Å²) in [6, 6.07) is 61.0. The Kier molecular flexibility index (Phi) is 7.00. The van der Waals surface area contributed by atoms with Gasteiger partial charge in [-0.05, 0) is 99.6 Å². The van der Waals surface area contributed by atoms with Crippen LogP contribution in [0.5, 0.6) is 0 Å². The number of rotatable bonds is 4. The number of fused-ring (bicyclic) bond motifs is 11. The molecule has 8 aromatic carbocycles. The lowest BCUT2D eigenvalue weighted by atomic mass is 9.84. The first-order chi connectivity index (χ1) is 30.0. The Bertz CT molecular complexity index is 3800. The predicted molar refractivity (Wildman–Crippen MR) is 250 cm³/mol. The van der Waals surface area contributed by atoms with Gasteiger partial charge in [0.15, 0.2) is 0 Å². The second kappa shape index (κ2) is 12.6. The summed E-state index contributed by atoms with van der Waals surface area (Å²) in [7, 11) is 0. The number of hydrogen-bond donors (Lipinski definition) is 0. The number of para-hydroxylation sites is 2. The molecule has 0 saturated carbocycles. The summed E-state index contributed by atoms with van der Waals surface area (Å²) in [5, 5.41) is 9.43. The van der Waals surface area contributed by atoms with Crippen LogP contribution < -0.4 is 0 Å². The van der Waals surface area contributed by atoms with Crippen LogP contribution in [0.1, 0.15) is 25.1 Å². The molecule has 61 heavy (non-hydrogen) atoms. The molecule has 0 bridgehead atoms. The van der Waals surface area contributed by atoms with Crippen molar-refractivity contribution in [3.8, 4) is 50.6 Å². The Labute approximate surface area is 351 Å². The van der Waals surface area contributed by atoms with Crippen LogP contribution in [-0.4, -0.2) is 19.5 Å². The van der Waals surface area contributed by atoms with E-state index in [-0.39, 0.29) is 5.41 Å². The molecule has 0 unspecified atom stereocenters. The van der Waals surface area contributed by atoms with Gasteiger partial charge in [0.2, 0.25) is 0 Å². The van der Waals surface area contributed by atoms with E-state index < -0.39 is 0 Å². The van der Waals surface area contributed by atoms with Crippen molar-refractivity contribution in [3.05, 3.63) is 194 Å². The van der Waals surface area contributed by atoms with Crippen LogP contribution in [0.15, 0.2) is 187 Å². The molecule has 0 N–H and O–H groups in total. The van der Waals surface area contributed by atoms with Gasteiger partial charge < -0.3 is 8.98 Å². The van der Waals surface area contributed by atoms with Gasteiger partial charge in [-0.2, -0.15) is 0 Å². The minimum Gasteiger partial charge on any atom is -0.456 e. The van der Waals surface area contributed by atoms with E-state index in [2.05, 4.69) is 169 Å². The summed E-state index contributed by atoms with van der Waals surface area (Å²) < 4.78 is 8.62. The SMILES string of the molecule is CC1(C)c2ccc(-c3ccc4oc5ccccc5c4c3)cc2-c2nc(-c3ccc(-n4c5ccccc5c5cc6ccccc6cc54)c4ccccc34)c(-c3ccncc3)nc21. The van der Waals surface area contributed by atoms with E-state index in [1.807, 2.05) is 36.7 Å². The normalized spacial score (nSPS) is 13.2. The Hall–Kier alpha value is -7.89. The number of hydrogen-bond acceptors (Lipinski definition) is 4. The molecular formula is C56H36N4O. The smallest absolute Gasteiger partial charge is 0.135 e. The van der Waals surface area contributed by atoms with Gasteiger partial charge in [0.1, 0.15) is 11.2 Å². The quantitative estimate of drug-likeness (QED) is 0.178. The van der Waals surface area contributed by atoms with E-state index in [1.54, 1.807) is 0 Å². The molecule has 12 aromatic rings. The van der Waals surface area contributed by atoms with Gasteiger partial charge >= 0.3 is 0 Å². The molecular weight excluding hydrogens is 745 g/mol. The van der Waals surface area contributed by atoms with Gasteiger partial charge in [0.05, 0.1) is 39.5 Å². The fraction of sp³-hybridized carbons (Fsp3) is 0.0536. The van der Waals surface area contributed by atoms with E-state index in [4.69, 9.17) is 14.4 Å². The van der Waals surface area contributed by atoms with Crippen molar-refractivity contribution >= 4 is 65.3 Å². The highest BCUT2D eigenvalue weighted by Crippen LogP contribution is 2.51. The summed E-state index contributed by atoms with van der Waals surface area (Å²) in [6.45, 7) is 4.54. The van der Waals surface area contributed by atoms with E-state index in [9.17, 15) is 0 Å². The molecule has 1 aliphatic carbocycles. The number of furan rings is 1. The molecule has 4 heterocycles. The third kappa shape index (κ3) is 4.92. The first-order valence-corrected chi connectivity index (χ1v) is 20.8. The molecule has 0 aliphatic heterocycles. The molecule has 0 atom stereocenters. The summed E-state index contributed by atoms with van der Waals surface area (Å²) in [6.07, 6.45) is 3.68. The second-order valence-corrected chi connectivity index (χ2v) is 16.8. The maximum absolute atomic E-state index is 6.18. The highest BCUT2D eigenvalue weighted by Gasteiger charge is 2.40. The Morgan fingerprint density at radius 3 is 1.98 bits per heavy atom. The number of nitrogens with zero attached hydrogens (tertiary/aromatic N) is 4. The van der Waals surface area contributed by atoms with Gasteiger partial charge in [0.25, 0.3) is 0 Å². The van der Waals surface area contributed by atoms with Crippen molar-refractivity contribution in [3.63, 3.8) is 0 Å². The molecule has 286 valence electrons. The molecule has 1 aliphatic rings. The van der Waals surface area contributed by atoms with Crippen LogP contribution in [0, 0.1) is 0 Å². The van der Waals surface area contributed by atoms with Crippen molar-refractivity contribution in [1.82, 2.24) is 19.5 Å². The zero-order valence-corrected chi connectivity index (χ0v) is 33.5. The molecule has 13 rings (SSSR count). The minimum atomic E-state index is -0.367. The highest BCUT2D eigenvalue weighted by atomic mass is 16.3. The number of pyridine rings is 1. The van der Waals surface area contributed by atoms with Crippen LogP contribution in [0.2, 0.25) is 0 Å². The highest BCUT2D eigenvalue weighted by molar-refractivity contribution is 6.15. The summed E-state index contributed by atoms with van der Waals surface area (Å²) in [5.74, 6) is 0. The van der Waals surface area contributed by atoms with Crippen LogP contribution in [0.4, 0.5) is 0 Å². The summed E-state index contributed by atoms with van der Waals surface area (Å²) in [4.78, 5) is 15.7. The van der Waals surface area contributed by atoms with Crippen molar-refractivity contribution in [1.29, 1.82) is 0 Å². The van der Waals surface area contributed by atoms with Crippen LogP contribution in [0.25, 0.3) is 116 Å². The zero-order chi connectivity index (χ0) is 40.4. The van der Waals surface area contributed by atoms with E-state index in [1.165, 1.54) is 38.1 Å². The summed E-state index contributed by atoms with van der Waals surface area (Å²) in [5.41, 5.74) is 15.1. The molecule has 4 aromatic heterocycles. The zero-order valence-electron chi connectivity index (χ0n) is 33.5. The first-order valence-electron chi connectivity index (χ1n) is 20.8. The van der Waals surface area contributed by atoms with Crippen LogP contribution in [0.3, 0.4) is 0 Å². The van der Waals surface area contributed by atoms with Crippen molar-refractivity contribution in [2.24, 2.45) is 0 Å². The topological polar surface area (TPSA) is 56.7 Å². The maximum atomic E-state index is 6.18. The molecule has 5 heteroatoms. The minimum absolute atomic E-state index is 0.367. The number of aromatic nitrogens is 4. The average Bonchev–Trinajstić information content (AvgIpc) is 3.92. The fourth-order valence-electron chi connectivity index (χ4n) is 10.1. The molecule has 0 amide bonds.